The lowest BCUT2D eigenvalue weighted by Crippen LogP contribution is -2.24. The minimum absolute atomic E-state index is 0.0172. The normalized spacial score (nSPS) is 11.4. The van der Waals surface area contributed by atoms with E-state index in [9.17, 15) is 17.6 Å². The molecule has 0 fully saturated rings. The van der Waals surface area contributed by atoms with Gasteiger partial charge in [0.1, 0.15) is 11.0 Å². The number of rotatable bonds is 5. The molecule has 0 spiro atoms. The maximum Gasteiger partial charge on any atom is 0.407 e. The van der Waals surface area contributed by atoms with Crippen LogP contribution in [0.2, 0.25) is 10.2 Å². The Morgan fingerprint density at radius 2 is 1.97 bits per heavy atom. The Morgan fingerprint density at radius 3 is 2.59 bits per heavy atom. The van der Waals surface area contributed by atoms with Gasteiger partial charge in [0.25, 0.3) is 0 Å². The van der Waals surface area contributed by atoms with Crippen LogP contribution in [-0.4, -0.2) is 46.3 Å². The highest BCUT2D eigenvalue weighted by Crippen LogP contribution is 2.29. The van der Waals surface area contributed by atoms with Crippen molar-refractivity contribution in [2.45, 2.75) is 16.5 Å². The van der Waals surface area contributed by atoms with Crippen LogP contribution in [0, 0.1) is 5.82 Å². The van der Waals surface area contributed by atoms with Gasteiger partial charge in [-0.1, -0.05) is 23.2 Å². The Balaban J connectivity index is 2.21. The molecular weight excluding hydrogens is 446 g/mol. The first-order chi connectivity index (χ1) is 13.6. The van der Waals surface area contributed by atoms with Crippen molar-refractivity contribution in [2.75, 3.05) is 7.05 Å². The summed E-state index contributed by atoms with van der Waals surface area (Å²) in [5.74, 6) is -0.652. The van der Waals surface area contributed by atoms with E-state index in [-0.39, 0.29) is 38.0 Å². The van der Waals surface area contributed by atoms with Crippen molar-refractivity contribution < 1.29 is 22.7 Å². The van der Waals surface area contributed by atoms with E-state index >= 15 is 0 Å². The first-order valence-electron chi connectivity index (χ1n) is 7.94. The smallest absolute Gasteiger partial charge is 0.407 e. The van der Waals surface area contributed by atoms with Crippen LogP contribution in [0.3, 0.4) is 0 Å². The van der Waals surface area contributed by atoms with Crippen LogP contribution in [0.25, 0.3) is 5.69 Å². The Kier molecular flexibility index (Phi) is 5.78. The molecule has 0 atom stereocenters. The van der Waals surface area contributed by atoms with E-state index < -0.39 is 21.7 Å². The molecule has 0 aliphatic carbocycles. The van der Waals surface area contributed by atoms with Crippen LogP contribution in [0.4, 0.5) is 9.18 Å². The van der Waals surface area contributed by atoms with Gasteiger partial charge in [0.15, 0.2) is 5.03 Å². The highest BCUT2D eigenvalue weighted by Gasteiger charge is 2.27. The van der Waals surface area contributed by atoms with Crippen molar-refractivity contribution in [3.63, 3.8) is 0 Å². The molecule has 2 aromatic heterocycles. The molecule has 29 heavy (non-hydrogen) atoms. The molecule has 0 saturated carbocycles. The molecule has 1 amide bonds. The molecule has 3 rings (SSSR count). The highest BCUT2D eigenvalue weighted by molar-refractivity contribution is 7.91. The van der Waals surface area contributed by atoms with Crippen molar-refractivity contribution >= 4 is 39.1 Å². The summed E-state index contributed by atoms with van der Waals surface area (Å²) >= 11 is 11.8. The first-order valence-corrected chi connectivity index (χ1v) is 10.2. The SMILES string of the molecule is CN(Cc1cc(S(=O)(=O)c2ccc(Cl)nc2)n(-c2cc(F)ccc2Cl)n1)C(=O)O. The van der Waals surface area contributed by atoms with E-state index in [1.165, 1.54) is 31.3 Å². The standard InChI is InChI=1S/C17H13Cl2FN4O4S/c1-23(17(25)26)9-11-7-16(29(27,28)12-3-5-15(19)21-8-12)24(22-11)14-6-10(20)2-4-13(14)18/h2-8H,9H2,1H3,(H,25,26). The molecule has 12 heteroatoms. The number of aromatic nitrogens is 3. The maximum absolute atomic E-state index is 13.8. The second-order valence-corrected chi connectivity index (χ2v) is 8.63. The summed E-state index contributed by atoms with van der Waals surface area (Å²) in [6, 6.07) is 7.17. The molecule has 1 aromatic carbocycles. The second kappa shape index (κ2) is 7.97. The molecule has 8 nitrogen and oxygen atoms in total. The zero-order valence-corrected chi connectivity index (χ0v) is 17.1. The zero-order chi connectivity index (χ0) is 21.3. The molecule has 0 radical (unpaired) electrons. The summed E-state index contributed by atoms with van der Waals surface area (Å²) in [7, 11) is -2.87. The summed E-state index contributed by atoms with van der Waals surface area (Å²) in [6.45, 7) is -0.198. The van der Waals surface area contributed by atoms with Crippen molar-refractivity contribution in [2.24, 2.45) is 0 Å². The molecule has 3 aromatic rings. The zero-order valence-electron chi connectivity index (χ0n) is 14.8. The Morgan fingerprint density at radius 1 is 1.24 bits per heavy atom. The minimum Gasteiger partial charge on any atom is -0.465 e. The van der Waals surface area contributed by atoms with Crippen LogP contribution in [0.5, 0.6) is 0 Å². The molecule has 2 heterocycles. The number of pyridine rings is 1. The van der Waals surface area contributed by atoms with Gasteiger partial charge < -0.3 is 10.0 Å². The Hall–Kier alpha value is -2.69. The van der Waals surface area contributed by atoms with Crippen molar-refractivity contribution in [1.29, 1.82) is 0 Å². The fourth-order valence-corrected chi connectivity index (χ4v) is 4.10. The van der Waals surface area contributed by atoms with Gasteiger partial charge >= 0.3 is 6.09 Å². The molecule has 0 aliphatic rings. The lowest BCUT2D eigenvalue weighted by atomic mass is 10.3. The summed E-state index contributed by atoms with van der Waals surface area (Å²) in [6.07, 6.45) is -0.153. The van der Waals surface area contributed by atoms with Crippen LogP contribution in [0.15, 0.2) is 52.5 Å². The second-order valence-electron chi connectivity index (χ2n) is 5.94. The molecule has 0 aliphatic heterocycles. The topological polar surface area (TPSA) is 105 Å². The van der Waals surface area contributed by atoms with E-state index in [1.54, 1.807) is 0 Å². The van der Waals surface area contributed by atoms with Gasteiger partial charge in [-0.15, -0.1) is 0 Å². The molecule has 152 valence electrons. The molecule has 0 bridgehead atoms. The largest absolute Gasteiger partial charge is 0.465 e. The molecule has 0 unspecified atom stereocenters. The van der Waals surface area contributed by atoms with Gasteiger partial charge in [-0.2, -0.15) is 5.10 Å². The fraction of sp³-hybridized carbons (Fsp3) is 0.118. The van der Waals surface area contributed by atoms with E-state index in [2.05, 4.69) is 10.1 Å². The number of hydrogen-bond donors (Lipinski definition) is 1. The lowest BCUT2D eigenvalue weighted by Gasteiger charge is -2.11. The lowest BCUT2D eigenvalue weighted by molar-refractivity contribution is 0.153. The quantitative estimate of drug-likeness (QED) is 0.584. The van der Waals surface area contributed by atoms with Gasteiger partial charge in [-0.25, -0.2) is 27.3 Å². The molecule has 0 saturated heterocycles. The van der Waals surface area contributed by atoms with Crippen molar-refractivity contribution in [3.05, 3.63) is 64.3 Å². The van der Waals surface area contributed by atoms with Crippen LogP contribution < -0.4 is 0 Å². The third kappa shape index (κ3) is 4.34. The monoisotopic (exact) mass is 458 g/mol. The highest BCUT2D eigenvalue weighted by atomic mass is 35.5. The Labute approximate surface area is 175 Å². The van der Waals surface area contributed by atoms with E-state index in [1.807, 2.05) is 0 Å². The fourth-order valence-electron chi connectivity index (χ4n) is 2.45. The number of carboxylic acid groups (broad SMARTS) is 1. The van der Waals surface area contributed by atoms with Crippen molar-refractivity contribution in [3.8, 4) is 5.69 Å². The third-order valence-corrected chi connectivity index (χ3v) is 6.12. The number of sulfone groups is 1. The summed E-state index contributed by atoms with van der Waals surface area (Å²) in [5, 5.41) is 13.0. The predicted molar refractivity (Wildman–Crippen MR) is 103 cm³/mol. The van der Waals surface area contributed by atoms with Crippen molar-refractivity contribution in [1.82, 2.24) is 19.7 Å². The summed E-state index contributed by atoms with van der Waals surface area (Å²) in [5.41, 5.74) is 0.104. The van der Waals surface area contributed by atoms with Gasteiger partial charge in [0.2, 0.25) is 9.84 Å². The average Bonchev–Trinajstić information content (AvgIpc) is 3.08. The first kappa shape index (κ1) is 21.0. The number of amides is 1. The van der Waals surface area contributed by atoms with Crippen LogP contribution >= 0.6 is 23.2 Å². The van der Waals surface area contributed by atoms with Crippen LogP contribution in [-0.2, 0) is 16.4 Å². The number of halogens is 3. The summed E-state index contributed by atoms with van der Waals surface area (Å²) in [4.78, 5) is 15.6. The predicted octanol–water partition coefficient (Wildman–Crippen LogP) is 3.66. The Bertz CT molecular complexity index is 1180. The summed E-state index contributed by atoms with van der Waals surface area (Å²) < 4.78 is 41.1. The van der Waals surface area contributed by atoms with Gasteiger partial charge in [0, 0.05) is 25.4 Å². The number of carbonyl (C=O) groups is 1. The molecule has 1 N–H and O–H groups in total. The maximum atomic E-state index is 13.8. The average molecular weight is 459 g/mol. The van der Waals surface area contributed by atoms with E-state index in [0.717, 1.165) is 27.9 Å². The van der Waals surface area contributed by atoms with Gasteiger partial charge in [0.05, 0.1) is 27.8 Å². The minimum atomic E-state index is -4.17. The number of hydrogen-bond acceptors (Lipinski definition) is 5. The third-order valence-electron chi connectivity index (χ3n) is 3.88. The molecular formula is C17H13Cl2FN4O4S. The number of nitrogens with zero attached hydrogens (tertiary/aromatic N) is 4. The van der Waals surface area contributed by atoms with Crippen LogP contribution in [0.1, 0.15) is 5.69 Å². The van der Waals surface area contributed by atoms with E-state index in [0.29, 0.717) is 0 Å². The van der Waals surface area contributed by atoms with Gasteiger partial charge in [-0.3, -0.25) is 0 Å². The van der Waals surface area contributed by atoms with E-state index in [4.69, 9.17) is 28.3 Å². The van der Waals surface area contributed by atoms with Gasteiger partial charge in [-0.05, 0) is 24.3 Å². The number of benzene rings is 1.